The van der Waals surface area contributed by atoms with E-state index in [2.05, 4.69) is 4.98 Å². The molecule has 3 rings (SSSR count). The van der Waals surface area contributed by atoms with Crippen LogP contribution in [0.1, 0.15) is 16.1 Å². The highest BCUT2D eigenvalue weighted by Gasteiger charge is 2.25. The number of aromatic nitrogens is 1. The molecule has 0 aliphatic rings. The van der Waals surface area contributed by atoms with Crippen molar-refractivity contribution < 1.29 is 22.8 Å². The van der Waals surface area contributed by atoms with Crippen molar-refractivity contribution in [1.29, 1.82) is 0 Å². The summed E-state index contributed by atoms with van der Waals surface area (Å²) in [6.07, 6.45) is 0. The van der Waals surface area contributed by atoms with E-state index >= 15 is 0 Å². The number of sulfonamides is 1. The van der Waals surface area contributed by atoms with Crippen LogP contribution in [-0.4, -0.2) is 38.0 Å². The predicted octanol–water partition coefficient (Wildman–Crippen LogP) is 4.00. The standard InChI is InChI=1S/C19H17ClN2O5S2/c1-22(26-2)29(24,25)17-10-14(8-9-16(17)20)19(23)27-11-15-12-28-18(21-15)13-6-4-3-5-7-13/h3-10,12H,11H2,1-2H3. The van der Waals surface area contributed by atoms with Crippen LogP contribution in [0.2, 0.25) is 5.02 Å². The van der Waals surface area contributed by atoms with Crippen molar-refractivity contribution in [1.82, 2.24) is 9.45 Å². The molecule has 0 fully saturated rings. The summed E-state index contributed by atoms with van der Waals surface area (Å²) in [5.41, 5.74) is 1.63. The number of thiazole rings is 1. The zero-order valence-electron chi connectivity index (χ0n) is 15.5. The van der Waals surface area contributed by atoms with Crippen molar-refractivity contribution in [3.63, 3.8) is 0 Å². The Kier molecular flexibility index (Phi) is 6.66. The number of carbonyl (C=O) groups is 1. The average Bonchev–Trinajstić information content (AvgIpc) is 3.21. The molecule has 0 N–H and O–H groups in total. The van der Waals surface area contributed by atoms with Gasteiger partial charge >= 0.3 is 5.97 Å². The third kappa shape index (κ3) is 4.82. The van der Waals surface area contributed by atoms with Gasteiger partial charge in [0.15, 0.2) is 0 Å². The van der Waals surface area contributed by atoms with Crippen LogP contribution >= 0.6 is 22.9 Å². The fourth-order valence-corrected chi connectivity index (χ4v) is 4.66. The molecule has 1 aromatic heterocycles. The summed E-state index contributed by atoms with van der Waals surface area (Å²) < 4.78 is 30.8. The van der Waals surface area contributed by atoms with E-state index in [-0.39, 0.29) is 22.1 Å². The Morgan fingerprint density at radius 3 is 2.62 bits per heavy atom. The molecule has 0 spiro atoms. The molecule has 0 atom stereocenters. The van der Waals surface area contributed by atoms with E-state index in [9.17, 15) is 13.2 Å². The molecule has 152 valence electrons. The molecule has 0 saturated heterocycles. The molecule has 0 amide bonds. The third-order valence-corrected chi connectivity index (χ3v) is 7.07. The number of nitrogens with zero attached hydrogens (tertiary/aromatic N) is 2. The Morgan fingerprint density at radius 1 is 1.21 bits per heavy atom. The smallest absolute Gasteiger partial charge is 0.338 e. The topological polar surface area (TPSA) is 85.8 Å². The Labute approximate surface area is 177 Å². The number of hydrogen-bond acceptors (Lipinski definition) is 7. The molecule has 7 nitrogen and oxygen atoms in total. The first kappa shape index (κ1) is 21.4. The molecule has 0 aliphatic carbocycles. The Hall–Kier alpha value is -2.30. The number of rotatable bonds is 7. The molecule has 2 aromatic carbocycles. The summed E-state index contributed by atoms with van der Waals surface area (Å²) in [7, 11) is -1.57. The fourth-order valence-electron chi connectivity index (χ4n) is 2.37. The molecule has 0 radical (unpaired) electrons. The summed E-state index contributed by atoms with van der Waals surface area (Å²) in [6.45, 7) is -0.0369. The van der Waals surface area contributed by atoms with Crippen molar-refractivity contribution in [3.05, 3.63) is 70.2 Å². The van der Waals surface area contributed by atoms with Gasteiger partial charge in [0.05, 0.1) is 23.4 Å². The number of hydroxylamine groups is 1. The Balaban J connectivity index is 1.74. The second-order valence-corrected chi connectivity index (χ2v) is 9.00. The molecular formula is C19H17ClN2O5S2. The Morgan fingerprint density at radius 2 is 1.93 bits per heavy atom. The number of halogens is 1. The number of ether oxygens (including phenoxy) is 1. The van der Waals surface area contributed by atoms with Gasteiger partial charge < -0.3 is 4.74 Å². The van der Waals surface area contributed by atoms with Gasteiger partial charge in [0.1, 0.15) is 16.5 Å². The highest BCUT2D eigenvalue weighted by molar-refractivity contribution is 7.89. The van der Waals surface area contributed by atoms with Gasteiger partial charge in [-0.05, 0) is 18.2 Å². The molecule has 10 heteroatoms. The first-order valence-corrected chi connectivity index (χ1v) is 11.0. The number of benzene rings is 2. The lowest BCUT2D eigenvalue weighted by atomic mass is 10.2. The lowest BCUT2D eigenvalue weighted by Crippen LogP contribution is -2.26. The maximum atomic E-state index is 12.4. The van der Waals surface area contributed by atoms with Crippen LogP contribution in [0.25, 0.3) is 10.6 Å². The van der Waals surface area contributed by atoms with Gasteiger partial charge in [-0.1, -0.05) is 46.4 Å². The van der Waals surface area contributed by atoms with Crippen LogP contribution in [0.4, 0.5) is 0 Å². The van der Waals surface area contributed by atoms with E-state index in [0.717, 1.165) is 16.6 Å². The zero-order valence-corrected chi connectivity index (χ0v) is 17.9. The van der Waals surface area contributed by atoms with Crippen LogP contribution in [0.15, 0.2) is 58.8 Å². The minimum Gasteiger partial charge on any atom is -0.456 e. The van der Waals surface area contributed by atoms with E-state index in [1.807, 2.05) is 30.3 Å². The zero-order chi connectivity index (χ0) is 21.0. The first-order valence-electron chi connectivity index (χ1n) is 8.32. The molecule has 0 aliphatic heterocycles. The molecule has 1 heterocycles. The first-order chi connectivity index (χ1) is 13.8. The van der Waals surface area contributed by atoms with Crippen molar-refractivity contribution in [2.24, 2.45) is 0 Å². The van der Waals surface area contributed by atoms with Gasteiger partial charge in [-0.3, -0.25) is 4.84 Å². The van der Waals surface area contributed by atoms with E-state index in [0.29, 0.717) is 10.2 Å². The summed E-state index contributed by atoms with van der Waals surface area (Å²) >= 11 is 7.44. The predicted molar refractivity (Wildman–Crippen MR) is 110 cm³/mol. The molecule has 0 bridgehead atoms. The average molecular weight is 453 g/mol. The third-order valence-electron chi connectivity index (χ3n) is 3.96. The summed E-state index contributed by atoms with van der Waals surface area (Å²) in [4.78, 5) is 21.3. The van der Waals surface area contributed by atoms with Crippen molar-refractivity contribution in [3.8, 4) is 10.6 Å². The minimum atomic E-state index is -4.01. The lowest BCUT2D eigenvalue weighted by Gasteiger charge is -2.15. The van der Waals surface area contributed by atoms with Gasteiger partial charge in [0.25, 0.3) is 10.0 Å². The quantitative estimate of drug-likeness (QED) is 0.398. The second kappa shape index (κ2) is 9.02. The highest BCUT2D eigenvalue weighted by atomic mass is 35.5. The van der Waals surface area contributed by atoms with Crippen LogP contribution in [0.5, 0.6) is 0 Å². The van der Waals surface area contributed by atoms with Gasteiger partial charge in [0, 0.05) is 18.0 Å². The monoisotopic (exact) mass is 452 g/mol. The number of carbonyl (C=O) groups excluding carboxylic acids is 1. The molecule has 3 aromatic rings. The molecule has 0 unspecified atom stereocenters. The van der Waals surface area contributed by atoms with Gasteiger partial charge in [-0.15, -0.1) is 11.3 Å². The fraction of sp³-hybridized carbons (Fsp3) is 0.158. The second-order valence-electron chi connectivity index (χ2n) is 5.83. The number of hydrogen-bond donors (Lipinski definition) is 0. The maximum absolute atomic E-state index is 12.4. The summed E-state index contributed by atoms with van der Waals surface area (Å²) in [5.74, 6) is -0.688. The molecule has 29 heavy (non-hydrogen) atoms. The summed E-state index contributed by atoms with van der Waals surface area (Å²) in [6, 6.07) is 13.5. The van der Waals surface area contributed by atoms with E-state index in [4.69, 9.17) is 21.2 Å². The number of esters is 1. The Bertz CT molecular complexity index is 1120. The van der Waals surface area contributed by atoms with Crippen LogP contribution in [-0.2, 0) is 26.2 Å². The molecular weight excluding hydrogens is 436 g/mol. The summed E-state index contributed by atoms with van der Waals surface area (Å²) in [5, 5.41) is 2.59. The van der Waals surface area contributed by atoms with Crippen molar-refractivity contribution >= 4 is 38.9 Å². The van der Waals surface area contributed by atoms with Crippen molar-refractivity contribution in [2.45, 2.75) is 11.5 Å². The SMILES string of the molecule is CON(C)S(=O)(=O)c1cc(C(=O)OCc2csc(-c3ccccc3)n2)ccc1Cl. The maximum Gasteiger partial charge on any atom is 0.338 e. The van der Waals surface area contributed by atoms with Crippen LogP contribution in [0.3, 0.4) is 0 Å². The normalized spacial score (nSPS) is 11.6. The van der Waals surface area contributed by atoms with Crippen molar-refractivity contribution in [2.75, 3.05) is 14.2 Å². The van der Waals surface area contributed by atoms with Crippen LogP contribution in [0, 0.1) is 0 Å². The minimum absolute atomic E-state index is 0.0301. The van der Waals surface area contributed by atoms with E-state index < -0.39 is 16.0 Å². The van der Waals surface area contributed by atoms with E-state index in [1.54, 1.807) is 5.38 Å². The van der Waals surface area contributed by atoms with Crippen LogP contribution < -0.4 is 0 Å². The molecule has 0 saturated carbocycles. The van der Waals surface area contributed by atoms with Gasteiger partial charge in [-0.25, -0.2) is 18.2 Å². The highest BCUT2D eigenvalue weighted by Crippen LogP contribution is 2.26. The van der Waals surface area contributed by atoms with Gasteiger partial charge in [0.2, 0.25) is 0 Å². The lowest BCUT2D eigenvalue weighted by molar-refractivity contribution is -0.0258. The van der Waals surface area contributed by atoms with Gasteiger partial charge in [-0.2, -0.15) is 0 Å². The largest absolute Gasteiger partial charge is 0.456 e. The van der Waals surface area contributed by atoms with E-state index in [1.165, 1.54) is 37.6 Å².